The molecule has 0 radical (unpaired) electrons. The van der Waals surface area contributed by atoms with Crippen molar-refractivity contribution in [1.82, 2.24) is 0 Å². The lowest BCUT2D eigenvalue weighted by Crippen LogP contribution is -2.31. The zero-order valence-corrected chi connectivity index (χ0v) is 16.9. The van der Waals surface area contributed by atoms with Gasteiger partial charge in [-0.3, -0.25) is 9.10 Å². The number of hydrogen-bond acceptors (Lipinski definition) is 5. The highest BCUT2D eigenvalue weighted by Gasteiger charge is 2.26. The highest BCUT2D eigenvalue weighted by atomic mass is 35.5. The second-order valence-corrected chi connectivity index (χ2v) is 7.96. The van der Waals surface area contributed by atoms with Crippen LogP contribution in [0.1, 0.15) is 17.3 Å². The molecule has 7 nitrogen and oxygen atoms in total. The van der Waals surface area contributed by atoms with E-state index in [-0.39, 0.29) is 33.6 Å². The van der Waals surface area contributed by atoms with Crippen molar-refractivity contribution in [2.24, 2.45) is 0 Å². The van der Waals surface area contributed by atoms with Crippen molar-refractivity contribution in [3.8, 4) is 0 Å². The molecule has 0 aliphatic rings. The van der Waals surface area contributed by atoms with Crippen LogP contribution in [0.4, 0.5) is 11.4 Å². The van der Waals surface area contributed by atoms with E-state index in [9.17, 15) is 18.0 Å². The van der Waals surface area contributed by atoms with Crippen molar-refractivity contribution >= 4 is 44.9 Å². The molecule has 0 atom stereocenters. The summed E-state index contributed by atoms with van der Waals surface area (Å²) in [5, 5.41) is 2.72. The fourth-order valence-electron chi connectivity index (χ4n) is 2.43. The summed E-state index contributed by atoms with van der Waals surface area (Å²) in [6.07, 6.45) is 1.41. The first kappa shape index (κ1) is 21.5. The third-order valence-electron chi connectivity index (χ3n) is 3.69. The Kier molecular flexibility index (Phi) is 6.82. The molecule has 0 heterocycles. The minimum Gasteiger partial charge on any atom is -0.465 e. The fourth-order valence-corrected chi connectivity index (χ4v) is 4.15. The topological polar surface area (TPSA) is 92.8 Å². The number of carbonyl (C=O) groups excluding carboxylic acids is 2. The molecule has 0 aromatic heterocycles. The molecule has 2 aromatic rings. The fraction of sp³-hybridized carbons (Fsp3) is 0.158. The van der Waals surface area contributed by atoms with Gasteiger partial charge in [-0.1, -0.05) is 17.7 Å². The molecule has 0 aliphatic carbocycles. The molecule has 1 amide bonds. The molecule has 0 saturated heterocycles. The summed E-state index contributed by atoms with van der Waals surface area (Å²) in [7, 11) is -2.79. The molecule has 0 fully saturated rings. The van der Waals surface area contributed by atoms with Gasteiger partial charge in [-0.25, -0.2) is 13.2 Å². The molecule has 0 aliphatic heterocycles. The second kappa shape index (κ2) is 8.90. The number of anilines is 2. The number of nitrogens with zero attached hydrogens (tertiary/aromatic N) is 1. The van der Waals surface area contributed by atoms with Gasteiger partial charge in [0.2, 0.25) is 5.91 Å². The van der Waals surface area contributed by atoms with Gasteiger partial charge in [-0.15, -0.1) is 6.58 Å². The summed E-state index contributed by atoms with van der Waals surface area (Å²) in [4.78, 5) is 22.9. The van der Waals surface area contributed by atoms with Crippen LogP contribution in [0.3, 0.4) is 0 Å². The number of ether oxygens (including phenoxy) is 1. The van der Waals surface area contributed by atoms with Gasteiger partial charge in [-0.2, -0.15) is 0 Å². The monoisotopic (exact) mass is 422 g/mol. The van der Waals surface area contributed by atoms with Gasteiger partial charge in [0.1, 0.15) is 0 Å². The Labute approximate surface area is 168 Å². The number of sulfonamides is 1. The number of halogens is 1. The number of nitrogens with one attached hydrogen (secondary N) is 1. The van der Waals surface area contributed by atoms with Crippen molar-refractivity contribution in [3.63, 3.8) is 0 Å². The van der Waals surface area contributed by atoms with E-state index in [0.29, 0.717) is 5.69 Å². The molecule has 1 N–H and O–H groups in total. The number of benzene rings is 2. The first-order valence-electron chi connectivity index (χ1n) is 8.10. The second-order valence-electron chi connectivity index (χ2n) is 5.69. The highest BCUT2D eigenvalue weighted by molar-refractivity contribution is 7.92. The van der Waals surface area contributed by atoms with E-state index in [2.05, 4.69) is 16.6 Å². The molecule has 0 unspecified atom stereocenters. The maximum atomic E-state index is 13.2. The molecule has 2 rings (SSSR count). The largest absolute Gasteiger partial charge is 0.465 e. The Balaban J connectivity index is 2.51. The molecular weight excluding hydrogens is 404 g/mol. The third kappa shape index (κ3) is 4.71. The Morgan fingerprint density at radius 3 is 2.39 bits per heavy atom. The Morgan fingerprint density at radius 1 is 1.21 bits per heavy atom. The lowest BCUT2D eigenvalue weighted by atomic mass is 10.2. The Morgan fingerprint density at radius 2 is 1.86 bits per heavy atom. The zero-order valence-electron chi connectivity index (χ0n) is 15.3. The van der Waals surface area contributed by atoms with Crippen LogP contribution in [0.25, 0.3) is 0 Å². The first-order valence-corrected chi connectivity index (χ1v) is 9.91. The Hall–Kier alpha value is -2.84. The maximum absolute atomic E-state index is 13.2. The predicted octanol–water partition coefficient (Wildman–Crippen LogP) is 3.47. The van der Waals surface area contributed by atoms with Crippen LogP contribution in [0, 0.1) is 0 Å². The van der Waals surface area contributed by atoms with E-state index in [1.165, 1.54) is 62.6 Å². The van der Waals surface area contributed by atoms with Gasteiger partial charge >= 0.3 is 5.97 Å². The van der Waals surface area contributed by atoms with E-state index >= 15 is 0 Å². The molecule has 0 spiro atoms. The van der Waals surface area contributed by atoms with Crippen LogP contribution < -0.4 is 9.62 Å². The third-order valence-corrected chi connectivity index (χ3v) is 5.81. The first-order chi connectivity index (χ1) is 13.2. The van der Waals surface area contributed by atoms with Gasteiger partial charge in [-0.05, 0) is 42.5 Å². The number of methoxy groups -OCH3 is 1. The molecule has 2 aromatic carbocycles. The number of esters is 1. The molecule has 0 saturated carbocycles. The van der Waals surface area contributed by atoms with Crippen LogP contribution in [-0.4, -0.2) is 33.9 Å². The van der Waals surface area contributed by atoms with Crippen molar-refractivity contribution < 1.29 is 22.7 Å². The molecular formula is C19H19ClN2O5S. The van der Waals surface area contributed by atoms with Crippen LogP contribution >= 0.6 is 11.6 Å². The summed E-state index contributed by atoms with van der Waals surface area (Å²) in [5.74, 6) is -0.885. The summed E-state index contributed by atoms with van der Waals surface area (Å²) >= 11 is 6.21. The van der Waals surface area contributed by atoms with Crippen LogP contribution in [0.5, 0.6) is 0 Å². The molecule has 9 heteroatoms. The average molecular weight is 423 g/mol. The zero-order chi connectivity index (χ0) is 20.9. The van der Waals surface area contributed by atoms with Gasteiger partial charge in [0.05, 0.1) is 34.8 Å². The molecule has 0 bridgehead atoms. The minimum absolute atomic E-state index is 0.0111. The van der Waals surface area contributed by atoms with Crippen molar-refractivity contribution in [1.29, 1.82) is 0 Å². The van der Waals surface area contributed by atoms with Crippen molar-refractivity contribution in [3.05, 3.63) is 65.7 Å². The van der Waals surface area contributed by atoms with Gasteiger partial charge in [0, 0.05) is 12.6 Å². The number of amides is 1. The minimum atomic E-state index is -4.02. The van der Waals surface area contributed by atoms with E-state index in [4.69, 9.17) is 11.6 Å². The van der Waals surface area contributed by atoms with Crippen LogP contribution in [-0.2, 0) is 19.6 Å². The van der Waals surface area contributed by atoms with E-state index < -0.39 is 16.0 Å². The van der Waals surface area contributed by atoms with Crippen LogP contribution in [0.2, 0.25) is 5.02 Å². The van der Waals surface area contributed by atoms with Gasteiger partial charge < -0.3 is 10.1 Å². The lowest BCUT2D eigenvalue weighted by molar-refractivity contribution is -0.114. The SMILES string of the molecule is C=CCN(c1cc(C(=O)OC)ccc1Cl)S(=O)(=O)c1ccc(NC(C)=O)cc1. The summed E-state index contributed by atoms with van der Waals surface area (Å²) < 4.78 is 32.1. The van der Waals surface area contributed by atoms with Crippen molar-refractivity contribution in [2.45, 2.75) is 11.8 Å². The quantitative estimate of drug-likeness (QED) is 0.544. The molecule has 148 valence electrons. The van der Waals surface area contributed by atoms with Crippen LogP contribution in [0.15, 0.2) is 60.0 Å². The lowest BCUT2D eigenvalue weighted by Gasteiger charge is -2.24. The maximum Gasteiger partial charge on any atom is 0.337 e. The summed E-state index contributed by atoms with van der Waals surface area (Å²) in [6, 6.07) is 9.91. The number of carbonyl (C=O) groups is 2. The summed E-state index contributed by atoms with van der Waals surface area (Å²) in [6.45, 7) is 4.88. The predicted molar refractivity (Wildman–Crippen MR) is 108 cm³/mol. The molecule has 28 heavy (non-hydrogen) atoms. The van der Waals surface area contributed by atoms with E-state index in [1.807, 2.05) is 0 Å². The van der Waals surface area contributed by atoms with Gasteiger partial charge in [0.15, 0.2) is 0 Å². The Bertz CT molecular complexity index is 1000. The number of rotatable bonds is 7. The normalized spacial score (nSPS) is 10.8. The summed E-state index contributed by atoms with van der Waals surface area (Å²) in [5.41, 5.74) is 0.745. The van der Waals surface area contributed by atoms with Crippen molar-refractivity contribution in [2.75, 3.05) is 23.3 Å². The number of hydrogen-bond donors (Lipinski definition) is 1. The van der Waals surface area contributed by atoms with E-state index in [0.717, 1.165) is 4.31 Å². The highest BCUT2D eigenvalue weighted by Crippen LogP contribution is 2.32. The smallest absolute Gasteiger partial charge is 0.337 e. The standard InChI is InChI=1S/C19H19ClN2O5S/c1-4-11-22(18-12-14(19(24)27-3)5-10-17(18)20)28(25,26)16-8-6-15(7-9-16)21-13(2)23/h4-10,12H,1,11H2,2-3H3,(H,21,23). The average Bonchev–Trinajstić information content (AvgIpc) is 2.66. The van der Waals surface area contributed by atoms with E-state index in [1.54, 1.807) is 0 Å². The van der Waals surface area contributed by atoms with Gasteiger partial charge in [0.25, 0.3) is 10.0 Å².